The Balaban J connectivity index is 2.02. The number of benzene rings is 4. The molecular formula is C41H51N. The van der Waals surface area contributed by atoms with Gasteiger partial charge in [0.2, 0.25) is 0 Å². The summed E-state index contributed by atoms with van der Waals surface area (Å²) in [7, 11) is 0. The van der Waals surface area contributed by atoms with Crippen molar-refractivity contribution in [3.8, 4) is 5.69 Å². The van der Waals surface area contributed by atoms with Gasteiger partial charge in [-0.1, -0.05) is 138 Å². The molecule has 0 amide bonds. The summed E-state index contributed by atoms with van der Waals surface area (Å²) >= 11 is 0. The van der Waals surface area contributed by atoms with Gasteiger partial charge in [-0.2, -0.15) is 0 Å². The van der Waals surface area contributed by atoms with Crippen LogP contribution in [0.15, 0.2) is 78.7 Å². The van der Waals surface area contributed by atoms with Crippen LogP contribution in [0.25, 0.3) is 27.5 Å². The van der Waals surface area contributed by atoms with Gasteiger partial charge in [0, 0.05) is 16.5 Å². The molecule has 220 valence electrons. The van der Waals surface area contributed by atoms with E-state index in [0.717, 1.165) is 27.7 Å². The molecule has 4 aromatic carbocycles. The zero-order valence-electron chi connectivity index (χ0n) is 32.8. The second kappa shape index (κ2) is 10.1. The highest BCUT2D eigenvalue weighted by Gasteiger charge is 2.31. The Bertz CT molecular complexity index is 1980. The molecule has 0 aliphatic rings. The van der Waals surface area contributed by atoms with Crippen LogP contribution in [0.3, 0.4) is 0 Å². The van der Waals surface area contributed by atoms with Crippen LogP contribution in [0.1, 0.15) is 123 Å². The molecule has 0 radical (unpaired) electrons. The predicted molar refractivity (Wildman–Crippen MR) is 185 cm³/mol. The highest BCUT2D eigenvalue weighted by molar-refractivity contribution is 6.13. The second-order valence-electron chi connectivity index (χ2n) is 16.1. The first-order valence-corrected chi connectivity index (χ1v) is 15.3. The van der Waals surface area contributed by atoms with E-state index in [4.69, 9.17) is 6.85 Å². The van der Waals surface area contributed by atoms with Crippen LogP contribution in [0.4, 0.5) is 0 Å². The maximum atomic E-state index is 8.74. The van der Waals surface area contributed by atoms with Gasteiger partial charge in [0.15, 0.2) is 0 Å². The molecule has 1 heteroatoms. The maximum absolute atomic E-state index is 8.74. The van der Waals surface area contributed by atoms with Crippen molar-refractivity contribution in [2.24, 2.45) is 0 Å². The molecule has 0 fully saturated rings. The number of fused-ring (bicyclic) bond motifs is 3. The number of aromatic nitrogens is 1. The molecule has 0 spiro atoms. The standard InChI is InChI=1S/C41H51N/c1-38(2,3)29-24-30(39(4,5)6)26-31(25-29)42-33-20-16-19-28(23-27-17-14-13-15-18-27)35(33)36-34(42)22-21-32(40(7,8)9)37(36)41(10,11)12/h13-22,24-26H,23H2,1-12H3/i13D,14D,15D,17D,18D. The second-order valence-corrected chi connectivity index (χ2v) is 16.1. The molecule has 0 aliphatic heterocycles. The lowest BCUT2D eigenvalue weighted by atomic mass is 9.73. The average molecular weight is 563 g/mol. The molecule has 1 heterocycles. The van der Waals surface area contributed by atoms with Gasteiger partial charge in [-0.05, 0) is 85.7 Å². The van der Waals surface area contributed by atoms with Crippen molar-refractivity contribution in [2.75, 3.05) is 0 Å². The third kappa shape index (κ3) is 5.56. The molecule has 0 saturated carbocycles. The largest absolute Gasteiger partial charge is 0.309 e. The van der Waals surface area contributed by atoms with Crippen molar-refractivity contribution in [3.63, 3.8) is 0 Å². The Labute approximate surface area is 262 Å². The predicted octanol–water partition coefficient (Wildman–Crippen LogP) is 11.6. The fraction of sp³-hybridized carbons (Fsp3) is 0.415. The molecule has 5 aromatic rings. The Morgan fingerprint density at radius 1 is 0.595 bits per heavy atom. The summed E-state index contributed by atoms with van der Waals surface area (Å²) in [6, 6.07) is 16.6. The third-order valence-electron chi connectivity index (χ3n) is 8.43. The van der Waals surface area contributed by atoms with E-state index in [9.17, 15) is 0 Å². The van der Waals surface area contributed by atoms with E-state index in [1.165, 1.54) is 27.6 Å². The van der Waals surface area contributed by atoms with Gasteiger partial charge in [0.05, 0.1) is 17.9 Å². The van der Waals surface area contributed by atoms with Gasteiger partial charge in [-0.25, -0.2) is 0 Å². The van der Waals surface area contributed by atoms with Crippen LogP contribution in [0.5, 0.6) is 0 Å². The third-order valence-corrected chi connectivity index (χ3v) is 8.43. The lowest BCUT2D eigenvalue weighted by Gasteiger charge is -2.31. The van der Waals surface area contributed by atoms with Gasteiger partial charge < -0.3 is 4.57 Å². The first-order chi connectivity index (χ1) is 21.4. The van der Waals surface area contributed by atoms with Crippen LogP contribution in [0.2, 0.25) is 0 Å². The van der Waals surface area contributed by atoms with Gasteiger partial charge in [0.25, 0.3) is 0 Å². The minimum Gasteiger partial charge on any atom is -0.309 e. The molecule has 5 rings (SSSR count). The van der Waals surface area contributed by atoms with Crippen LogP contribution in [0, 0.1) is 0 Å². The Morgan fingerprint density at radius 3 is 1.69 bits per heavy atom. The van der Waals surface area contributed by atoms with Gasteiger partial charge in [-0.15, -0.1) is 0 Å². The first kappa shape index (κ1) is 24.2. The van der Waals surface area contributed by atoms with E-state index in [1.54, 1.807) is 0 Å². The van der Waals surface area contributed by atoms with Gasteiger partial charge in [0.1, 0.15) is 0 Å². The van der Waals surface area contributed by atoms with Crippen molar-refractivity contribution in [1.82, 2.24) is 4.57 Å². The fourth-order valence-electron chi connectivity index (χ4n) is 6.21. The molecule has 0 unspecified atom stereocenters. The molecular weight excluding hydrogens is 506 g/mol. The molecule has 1 nitrogen and oxygen atoms in total. The average Bonchev–Trinajstić information content (AvgIpc) is 3.29. The lowest BCUT2D eigenvalue weighted by Crippen LogP contribution is -2.22. The van der Waals surface area contributed by atoms with E-state index in [-0.39, 0.29) is 58.3 Å². The summed E-state index contributed by atoms with van der Waals surface area (Å²) in [6.45, 7) is 27.2. The van der Waals surface area contributed by atoms with E-state index in [2.05, 4.69) is 130 Å². The molecule has 0 saturated heterocycles. The SMILES string of the molecule is [2H]c1c([2H])c([2H])c(Cc2cccc3c2c2c(C(C)(C)C)c(C(C)(C)C)ccc2n3-c2cc(C(C)(C)C)cc(C(C)(C)C)c2)c([2H])c1[2H]. The molecule has 1 aromatic heterocycles. The van der Waals surface area contributed by atoms with Crippen molar-refractivity contribution in [2.45, 2.75) is 111 Å². The number of rotatable bonds is 3. The van der Waals surface area contributed by atoms with Gasteiger partial charge in [-0.3, -0.25) is 0 Å². The van der Waals surface area contributed by atoms with Crippen LogP contribution >= 0.6 is 0 Å². The summed E-state index contributed by atoms with van der Waals surface area (Å²) < 4.78 is 44.7. The van der Waals surface area contributed by atoms with E-state index in [0.29, 0.717) is 5.56 Å². The fourth-order valence-corrected chi connectivity index (χ4v) is 6.21. The lowest BCUT2D eigenvalue weighted by molar-refractivity contribution is 0.535. The van der Waals surface area contributed by atoms with Crippen molar-refractivity contribution in [3.05, 3.63) is 112 Å². The zero-order chi connectivity index (χ0) is 35.2. The topological polar surface area (TPSA) is 4.93 Å². The highest BCUT2D eigenvalue weighted by Crippen LogP contribution is 2.45. The Hall–Kier alpha value is -3.32. The maximum Gasteiger partial charge on any atom is 0.0626 e. The van der Waals surface area contributed by atoms with E-state index < -0.39 is 0 Å². The molecule has 42 heavy (non-hydrogen) atoms. The number of hydrogen-bond donors (Lipinski definition) is 0. The van der Waals surface area contributed by atoms with Crippen molar-refractivity contribution >= 4 is 21.8 Å². The van der Waals surface area contributed by atoms with E-state index in [1.807, 2.05) is 6.07 Å². The molecule has 0 N–H and O–H groups in total. The first-order valence-electron chi connectivity index (χ1n) is 17.8. The van der Waals surface area contributed by atoms with Crippen LogP contribution < -0.4 is 0 Å². The quantitative estimate of drug-likeness (QED) is 0.206. The van der Waals surface area contributed by atoms with Crippen LogP contribution in [-0.2, 0) is 28.1 Å². The normalized spacial score (nSPS) is 15.0. The summed E-state index contributed by atoms with van der Waals surface area (Å²) in [5, 5.41) is 2.24. The highest BCUT2D eigenvalue weighted by atomic mass is 15.0. The summed E-state index contributed by atoms with van der Waals surface area (Å²) in [4.78, 5) is 0. The van der Waals surface area contributed by atoms with Crippen molar-refractivity contribution < 1.29 is 6.85 Å². The smallest absolute Gasteiger partial charge is 0.0626 e. The Morgan fingerprint density at radius 2 is 1.17 bits per heavy atom. The summed E-state index contributed by atoms with van der Waals surface area (Å²) in [5.41, 5.74) is 9.20. The minimum atomic E-state index is -0.364. The van der Waals surface area contributed by atoms with E-state index >= 15 is 0 Å². The Kier molecular flexibility index (Phi) is 5.84. The summed E-state index contributed by atoms with van der Waals surface area (Å²) in [6.07, 6.45) is 0.227. The monoisotopic (exact) mass is 562 g/mol. The number of nitrogens with zero attached hydrogens (tertiary/aromatic N) is 1. The molecule has 0 aliphatic carbocycles. The molecule has 0 bridgehead atoms. The summed E-state index contributed by atoms with van der Waals surface area (Å²) in [5.74, 6) is 0. The van der Waals surface area contributed by atoms with Crippen molar-refractivity contribution in [1.29, 1.82) is 0 Å². The van der Waals surface area contributed by atoms with Gasteiger partial charge >= 0.3 is 0 Å². The molecule has 0 atom stereocenters. The number of hydrogen-bond acceptors (Lipinski definition) is 0. The minimum absolute atomic E-state index is 0.0586. The van der Waals surface area contributed by atoms with Crippen LogP contribution in [-0.4, -0.2) is 4.57 Å². The zero-order valence-corrected chi connectivity index (χ0v) is 27.8.